The molecule has 1 unspecified atom stereocenters. The van der Waals surface area contributed by atoms with E-state index in [9.17, 15) is 19.5 Å². The number of amides is 2. The van der Waals surface area contributed by atoms with E-state index in [-0.39, 0.29) is 18.1 Å². The van der Waals surface area contributed by atoms with Crippen molar-refractivity contribution in [2.45, 2.75) is 50.2 Å². The van der Waals surface area contributed by atoms with Crippen LogP contribution < -0.4 is 22.1 Å². The molecule has 0 radical (unpaired) electrons. The van der Waals surface area contributed by atoms with Gasteiger partial charge < -0.3 is 41.8 Å². The Bertz CT molecular complexity index is 855. The highest BCUT2D eigenvalue weighted by Gasteiger charge is 2.27. The summed E-state index contributed by atoms with van der Waals surface area (Å²) >= 11 is 0. The maximum Gasteiger partial charge on any atom is 0.326 e. The number of urea groups is 1. The highest BCUT2D eigenvalue weighted by atomic mass is 16.5. The molecule has 0 spiro atoms. The summed E-state index contributed by atoms with van der Waals surface area (Å²) < 4.78 is 5.10. The van der Waals surface area contributed by atoms with E-state index < -0.39 is 42.5 Å². The molecule has 9 N–H and O–H groups in total. The predicted octanol–water partition coefficient (Wildman–Crippen LogP) is -0.568. The molecule has 0 aliphatic rings. The number of aromatic nitrogens is 4. The van der Waals surface area contributed by atoms with E-state index in [0.29, 0.717) is 25.8 Å². The minimum Gasteiger partial charge on any atom is -0.481 e. The summed E-state index contributed by atoms with van der Waals surface area (Å²) in [5.41, 5.74) is 12.2. The number of carboxylic acids is 2. The van der Waals surface area contributed by atoms with Crippen molar-refractivity contribution in [3.63, 3.8) is 0 Å². The van der Waals surface area contributed by atoms with E-state index in [1.165, 1.54) is 6.33 Å². The number of carbonyl (C=O) groups excluding carboxylic acids is 1. The van der Waals surface area contributed by atoms with Gasteiger partial charge >= 0.3 is 18.0 Å². The SMILES string of the molecule is NCCCC[C@H](NC(=O)NC(CC(=O)O)c1nc([C@@H](N)Cc2cnc[nH]2)no1)C(=O)O. The van der Waals surface area contributed by atoms with Crippen molar-refractivity contribution in [1.82, 2.24) is 30.7 Å². The van der Waals surface area contributed by atoms with Crippen molar-refractivity contribution in [3.05, 3.63) is 29.9 Å². The molecule has 0 saturated heterocycles. The quantitative estimate of drug-likeness (QED) is 0.195. The largest absolute Gasteiger partial charge is 0.481 e. The number of imidazole rings is 1. The zero-order valence-electron chi connectivity index (χ0n) is 16.7. The van der Waals surface area contributed by atoms with Crippen LogP contribution >= 0.6 is 0 Å². The fraction of sp³-hybridized carbons (Fsp3) is 0.529. The van der Waals surface area contributed by atoms with Crippen molar-refractivity contribution >= 4 is 18.0 Å². The zero-order valence-corrected chi connectivity index (χ0v) is 16.7. The Kier molecular flexibility index (Phi) is 8.90. The fourth-order valence-corrected chi connectivity index (χ4v) is 2.75. The number of carbonyl (C=O) groups is 3. The third-order valence-electron chi connectivity index (χ3n) is 4.32. The van der Waals surface area contributed by atoms with Crippen LogP contribution in [0.25, 0.3) is 0 Å². The van der Waals surface area contributed by atoms with Crippen molar-refractivity contribution < 1.29 is 29.1 Å². The van der Waals surface area contributed by atoms with Crippen molar-refractivity contribution in [3.8, 4) is 0 Å². The van der Waals surface area contributed by atoms with Gasteiger partial charge in [0.25, 0.3) is 0 Å². The summed E-state index contributed by atoms with van der Waals surface area (Å²) in [6.07, 6.45) is 4.15. The van der Waals surface area contributed by atoms with Gasteiger partial charge in [-0.05, 0) is 25.8 Å². The lowest BCUT2D eigenvalue weighted by molar-refractivity contribution is -0.140. The van der Waals surface area contributed by atoms with Gasteiger partial charge in [0.1, 0.15) is 12.1 Å². The second-order valence-electron chi connectivity index (χ2n) is 6.82. The molecule has 31 heavy (non-hydrogen) atoms. The van der Waals surface area contributed by atoms with Crippen LogP contribution in [-0.2, 0) is 16.0 Å². The lowest BCUT2D eigenvalue weighted by atomic mass is 10.1. The summed E-state index contributed by atoms with van der Waals surface area (Å²) in [5, 5.41) is 26.8. The molecule has 2 amide bonds. The first-order valence-electron chi connectivity index (χ1n) is 9.58. The predicted molar refractivity (Wildman–Crippen MR) is 105 cm³/mol. The Morgan fingerprint density at radius 2 is 2.00 bits per heavy atom. The summed E-state index contributed by atoms with van der Waals surface area (Å²) in [6.45, 7) is 0.404. The minimum atomic E-state index is -1.23. The van der Waals surface area contributed by atoms with Gasteiger partial charge in [-0.25, -0.2) is 14.6 Å². The van der Waals surface area contributed by atoms with Crippen LogP contribution in [0.5, 0.6) is 0 Å². The molecule has 0 aliphatic carbocycles. The first-order chi connectivity index (χ1) is 14.8. The molecule has 2 rings (SSSR count). The molecule has 0 saturated carbocycles. The van der Waals surface area contributed by atoms with Crippen molar-refractivity contribution in [2.24, 2.45) is 11.5 Å². The topological polar surface area (TPSA) is 235 Å². The minimum absolute atomic E-state index is 0.118. The number of aromatic amines is 1. The van der Waals surface area contributed by atoms with Crippen LogP contribution in [0.15, 0.2) is 17.0 Å². The number of aliphatic carboxylic acids is 2. The molecule has 0 aromatic carbocycles. The number of H-pyrrole nitrogens is 1. The smallest absolute Gasteiger partial charge is 0.326 e. The van der Waals surface area contributed by atoms with E-state index >= 15 is 0 Å². The summed E-state index contributed by atoms with van der Waals surface area (Å²) in [6, 6.07) is -3.88. The van der Waals surface area contributed by atoms with Gasteiger partial charge in [-0.1, -0.05) is 5.16 Å². The monoisotopic (exact) mass is 438 g/mol. The van der Waals surface area contributed by atoms with E-state index in [2.05, 4.69) is 30.7 Å². The van der Waals surface area contributed by atoms with Crippen molar-refractivity contribution in [2.75, 3.05) is 6.54 Å². The maximum absolute atomic E-state index is 12.3. The van der Waals surface area contributed by atoms with Gasteiger partial charge in [0.15, 0.2) is 5.82 Å². The molecule has 14 nitrogen and oxygen atoms in total. The van der Waals surface area contributed by atoms with E-state index in [4.69, 9.17) is 21.1 Å². The Hall–Kier alpha value is -3.52. The summed E-state index contributed by atoms with van der Waals surface area (Å²) in [7, 11) is 0. The molecule has 3 atom stereocenters. The fourth-order valence-electron chi connectivity index (χ4n) is 2.75. The molecule has 2 heterocycles. The average molecular weight is 438 g/mol. The summed E-state index contributed by atoms with van der Waals surface area (Å²) in [5.74, 6) is -2.49. The average Bonchev–Trinajstić information content (AvgIpc) is 3.38. The Morgan fingerprint density at radius 3 is 2.61 bits per heavy atom. The van der Waals surface area contributed by atoms with Gasteiger partial charge in [0.2, 0.25) is 5.89 Å². The number of carboxylic acid groups (broad SMARTS) is 2. The van der Waals surface area contributed by atoms with E-state index in [0.717, 1.165) is 5.69 Å². The molecule has 170 valence electrons. The molecular weight excluding hydrogens is 412 g/mol. The molecule has 0 fully saturated rings. The van der Waals surface area contributed by atoms with Crippen LogP contribution in [0, 0.1) is 0 Å². The number of rotatable bonds is 13. The number of unbranched alkanes of at least 4 members (excludes halogenated alkanes) is 1. The van der Waals surface area contributed by atoms with Crippen LogP contribution in [0.4, 0.5) is 4.79 Å². The number of nitrogens with zero attached hydrogens (tertiary/aromatic N) is 3. The normalized spacial score (nSPS) is 13.9. The third-order valence-corrected chi connectivity index (χ3v) is 4.32. The van der Waals surface area contributed by atoms with E-state index in [1.807, 2.05) is 0 Å². The standard InChI is InChI=1S/C17H26N8O6/c18-4-2-1-3-11(16(28)29)22-17(30)23-12(6-13(26)27)15-24-14(25-31-15)10(19)5-9-7-20-8-21-9/h7-8,10-12H,1-6,18-19H2,(H,20,21)(H,26,27)(H,28,29)(H2,22,23,30)/t10-,11-,12?/m0/s1. The Labute approximate surface area is 176 Å². The lowest BCUT2D eigenvalue weighted by Gasteiger charge is -2.18. The van der Waals surface area contributed by atoms with Gasteiger partial charge in [0.05, 0.1) is 18.8 Å². The molecule has 2 aromatic rings. The Balaban J connectivity index is 2.04. The van der Waals surface area contributed by atoms with Crippen LogP contribution in [0.3, 0.4) is 0 Å². The van der Waals surface area contributed by atoms with Gasteiger partial charge in [0, 0.05) is 18.3 Å². The molecular formula is C17H26N8O6. The van der Waals surface area contributed by atoms with E-state index in [1.54, 1.807) is 6.20 Å². The van der Waals surface area contributed by atoms with Crippen molar-refractivity contribution in [1.29, 1.82) is 0 Å². The summed E-state index contributed by atoms with van der Waals surface area (Å²) in [4.78, 5) is 45.7. The second-order valence-corrected chi connectivity index (χ2v) is 6.82. The van der Waals surface area contributed by atoms with Crippen LogP contribution in [0.1, 0.15) is 55.2 Å². The van der Waals surface area contributed by atoms with Crippen LogP contribution in [-0.4, -0.2) is 60.9 Å². The number of nitrogens with two attached hydrogens (primary N) is 2. The van der Waals surface area contributed by atoms with Gasteiger partial charge in [-0.15, -0.1) is 0 Å². The number of hydrogen-bond donors (Lipinski definition) is 7. The number of nitrogens with one attached hydrogen (secondary N) is 3. The molecule has 0 bridgehead atoms. The molecule has 14 heteroatoms. The molecule has 2 aromatic heterocycles. The maximum atomic E-state index is 12.3. The molecule has 0 aliphatic heterocycles. The van der Waals surface area contributed by atoms with Gasteiger partial charge in [-0.3, -0.25) is 4.79 Å². The third kappa shape index (κ3) is 7.67. The lowest BCUT2D eigenvalue weighted by Crippen LogP contribution is -2.47. The Morgan fingerprint density at radius 1 is 1.23 bits per heavy atom. The second kappa shape index (κ2) is 11.6. The highest BCUT2D eigenvalue weighted by Crippen LogP contribution is 2.18. The number of hydrogen-bond acceptors (Lipinski definition) is 9. The first-order valence-corrected chi connectivity index (χ1v) is 9.58. The van der Waals surface area contributed by atoms with Crippen LogP contribution in [0.2, 0.25) is 0 Å². The zero-order chi connectivity index (χ0) is 22.8. The first kappa shape index (κ1) is 23.8. The highest BCUT2D eigenvalue weighted by molar-refractivity contribution is 5.83. The van der Waals surface area contributed by atoms with Gasteiger partial charge in [-0.2, -0.15) is 4.98 Å².